The van der Waals surface area contributed by atoms with Gasteiger partial charge in [0.2, 0.25) is 35.4 Å². The minimum atomic E-state index is -1.91. The molecule has 0 aliphatic heterocycles. The molecule has 11 N–H and O–H groups in total. The number of carbonyl (C=O) groups is 9. The largest absolute Gasteiger partial charge is 0.481 e. The Morgan fingerprint density at radius 2 is 1.12 bits per heavy atom. The summed E-state index contributed by atoms with van der Waals surface area (Å²) in [5.74, 6) is -10.5. The number of rotatable bonds is 22. The van der Waals surface area contributed by atoms with E-state index in [-0.39, 0.29) is 11.8 Å². The Labute approximate surface area is 284 Å². The maximum atomic E-state index is 13.3. The fraction of sp³-hybridized carbons (Fsp3) is 0.700. The lowest BCUT2D eigenvalue weighted by molar-refractivity contribution is -0.148. The molecule has 0 radical (unpaired) electrons. The van der Waals surface area contributed by atoms with Crippen molar-refractivity contribution in [3.05, 3.63) is 0 Å². The second-order valence-electron chi connectivity index (χ2n) is 12.5. The van der Waals surface area contributed by atoms with Crippen LogP contribution in [0.4, 0.5) is 0 Å². The van der Waals surface area contributed by atoms with Gasteiger partial charge in [0, 0.05) is 0 Å². The van der Waals surface area contributed by atoms with Crippen molar-refractivity contribution >= 4 is 53.4 Å². The normalized spacial score (nSPS) is 15.3. The van der Waals surface area contributed by atoms with E-state index >= 15 is 0 Å². The van der Waals surface area contributed by atoms with E-state index in [1.807, 2.05) is 31.4 Å². The molecule has 0 rings (SSSR count). The number of carbonyl (C=O) groups excluding carboxylic acids is 6. The molecule has 0 aromatic rings. The first-order valence-corrected chi connectivity index (χ1v) is 15.8. The number of carboxylic acid groups (broad SMARTS) is 3. The van der Waals surface area contributed by atoms with Crippen LogP contribution in [0.5, 0.6) is 0 Å². The first-order chi connectivity index (χ1) is 22.6. The van der Waals surface area contributed by atoms with Gasteiger partial charge in [0.25, 0.3) is 0 Å². The standard InChI is InChI=1S/C30H51N7O12/c1-8-15(6)24(37-26(44)17(31)9-13(2)3)29(47)36-23(14(4)5)28(46)33-16(7)25(43)32-12-20(38)34-18(10-21(39)40)27(45)35-19(30(48)49)11-22(41)42/h13-19,23-24H,8-12,31H2,1-7H3,(H,32,43)(H,33,46)(H,34,38)(H,35,45)(H,36,47)(H,37,44)(H,39,40)(H,41,42)(H,48,49)/t15-,16-,17-,18-,19-,23-,24-/m0/s1. The average Bonchev–Trinajstić information content (AvgIpc) is 2.98. The van der Waals surface area contributed by atoms with Crippen LogP contribution < -0.4 is 37.6 Å². The van der Waals surface area contributed by atoms with Crippen molar-refractivity contribution in [1.82, 2.24) is 31.9 Å². The van der Waals surface area contributed by atoms with Crippen LogP contribution in [0.2, 0.25) is 0 Å². The van der Waals surface area contributed by atoms with Crippen molar-refractivity contribution in [2.24, 2.45) is 23.5 Å². The van der Waals surface area contributed by atoms with Gasteiger partial charge in [0.15, 0.2) is 0 Å². The summed E-state index contributed by atoms with van der Waals surface area (Å²) in [7, 11) is 0. The van der Waals surface area contributed by atoms with E-state index < -0.39 is 115 Å². The van der Waals surface area contributed by atoms with Crippen LogP contribution in [0, 0.1) is 17.8 Å². The molecule has 0 bridgehead atoms. The fourth-order valence-electron chi connectivity index (χ4n) is 4.32. The fourth-order valence-corrected chi connectivity index (χ4v) is 4.32. The van der Waals surface area contributed by atoms with E-state index in [1.165, 1.54) is 6.92 Å². The lowest BCUT2D eigenvalue weighted by atomic mass is 9.95. The quantitative estimate of drug-likeness (QED) is 0.0566. The summed E-state index contributed by atoms with van der Waals surface area (Å²) in [6.45, 7) is 11.2. The molecule has 49 heavy (non-hydrogen) atoms. The molecule has 0 aromatic carbocycles. The summed E-state index contributed by atoms with van der Waals surface area (Å²) < 4.78 is 0. The topological polar surface area (TPSA) is 313 Å². The number of nitrogens with one attached hydrogen (secondary N) is 6. The van der Waals surface area contributed by atoms with Gasteiger partial charge in [0.05, 0.1) is 25.4 Å². The second-order valence-corrected chi connectivity index (χ2v) is 12.5. The molecule has 0 aromatic heterocycles. The molecule has 0 aliphatic rings. The van der Waals surface area contributed by atoms with Crippen LogP contribution in [0.25, 0.3) is 0 Å². The van der Waals surface area contributed by atoms with Crippen LogP contribution in [0.3, 0.4) is 0 Å². The monoisotopic (exact) mass is 701 g/mol. The highest BCUT2D eigenvalue weighted by Crippen LogP contribution is 2.12. The maximum Gasteiger partial charge on any atom is 0.326 e. The minimum absolute atomic E-state index is 0.144. The number of hydrogen-bond donors (Lipinski definition) is 10. The molecule has 0 saturated heterocycles. The molecule has 0 saturated carbocycles. The summed E-state index contributed by atoms with van der Waals surface area (Å²) in [5.41, 5.74) is 5.98. The smallest absolute Gasteiger partial charge is 0.326 e. The predicted octanol–water partition coefficient (Wildman–Crippen LogP) is -2.34. The first kappa shape index (κ1) is 44.2. The summed E-state index contributed by atoms with van der Waals surface area (Å²) in [6.07, 6.45) is -1.08. The zero-order chi connectivity index (χ0) is 38.2. The Bertz CT molecular complexity index is 1230. The number of nitrogens with two attached hydrogens (primary N) is 1. The lowest BCUT2D eigenvalue weighted by Gasteiger charge is -2.29. The number of carboxylic acids is 3. The minimum Gasteiger partial charge on any atom is -0.481 e. The Kier molecular flexibility index (Phi) is 19.1. The van der Waals surface area contributed by atoms with E-state index in [4.69, 9.17) is 21.1 Å². The van der Waals surface area contributed by atoms with Gasteiger partial charge in [-0.05, 0) is 31.1 Å². The zero-order valence-electron chi connectivity index (χ0n) is 28.8. The van der Waals surface area contributed by atoms with Crippen molar-refractivity contribution < 1.29 is 58.5 Å². The molecule has 19 heteroatoms. The van der Waals surface area contributed by atoms with E-state index in [2.05, 4.69) is 21.3 Å². The van der Waals surface area contributed by atoms with E-state index in [1.54, 1.807) is 20.8 Å². The molecule has 278 valence electrons. The molecule has 0 heterocycles. The highest BCUT2D eigenvalue weighted by atomic mass is 16.4. The summed E-state index contributed by atoms with van der Waals surface area (Å²) in [4.78, 5) is 110. The van der Waals surface area contributed by atoms with Crippen molar-refractivity contribution in [2.75, 3.05) is 6.54 Å². The molecule has 6 amide bonds. The van der Waals surface area contributed by atoms with E-state index in [9.17, 15) is 43.2 Å². The highest BCUT2D eigenvalue weighted by Gasteiger charge is 2.34. The Hall–Kier alpha value is -4.81. The van der Waals surface area contributed by atoms with Gasteiger partial charge in [0.1, 0.15) is 30.2 Å². The molecule has 19 nitrogen and oxygen atoms in total. The summed E-state index contributed by atoms with van der Waals surface area (Å²) in [5, 5.41) is 40.9. The third kappa shape index (κ3) is 16.7. The highest BCUT2D eigenvalue weighted by molar-refractivity contribution is 5.97. The van der Waals surface area contributed by atoms with Gasteiger partial charge in [-0.2, -0.15) is 0 Å². The number of amides is 6. The third-order valence-corrected chi connectivity index (χ3v) is 7.30. The van der Waals surface area contributed by atoms with Gasteiger partial charge in [-0.3, -0.25) is 38.4 Å². The predicted molar refractivity (Wildman–Crippen MR) is 172 cm³/mol. The summed E-state index contributed by atoms with van der Waals surface area (Å²) >= 11 is 0. The second kappa shape index (κ2) is 21.2. The van der Waals surface area contributed by atoms with Gasteiger partial charge < -0.3 is 53.0 Å². The Morgan fingerprint density at radius 1 is 0.612 bits per heavy atom. The zero-order valence-corrected chi connectivity index (χ0v) is 28.8. The van der Waals surface area contributed by atoms with Crippen molar-refractivity contribution in [2.45, 2.75) is 110 Å². The number of aliphatic carboxylic acids is 3. The van der Waals surface area contributed by atoms with Crippen molar-refractivity contribution in [3.8, 4) is 0 Å². The molecule has 0 unspecified atom stereocenters. The molecule has 0 aliphatic carbocycles. The average molecular weight is 702 g/mol. The molecule has 7 atom stereocenters. The van der Waals surface area contributed by atoms with Crippen LogP contribution >= 0.6 is 0 Å². The SMILES string of the molecule is CC[C@H](C)[C@H](NC(=O)[C@@H](N)CC(C)C)C(=O)N[C@H](C(=O)N[C@@H](C)C(=O)NCC(=O)N[C@@H](CC(=O)O)C(=O)N[C@@H](CC(=O)O)C(=O)O)C(C)C. The van der Waals surface area contributed by atoms with Gasteiger partial charge in [-0.25, -0.2) is 4.79 Å². The first-order valence-electron chi connectivity index (χ1n) is 15.8. The Morgan fingerprint density at radius 3 is 1.59 bits per heavy atom. The molecular weight excluding hydrogens is 650 g/mol. The van der Waals surface area contributed by atoms with Gasteiger partial charge in [-0.1, -0.05) is 48.0 Å². The van der Waals surface area contributed by atoms with Crippen molar-refractivity contribution in [1.29, 1.82) is 0 Å². The molecule has 0 spiro atoms. The van der Waals surface area contributed by atoms with Crippen LogP contribution in [0.15, 0.2) is 0 Å². The lowest BCUT2D eigenvalue weighted by Crippen LogP contribution is -2.60. The van der Waals surface area contributed by atoms with Crippen LogP contribution in [-0.2, 0) is 43.2 Å². The summed E-state index contributed by atoms with van der Waals surface area (Å²) in [6, 6.07) is -7.94. The van der Waals surface area contributed by atoms with E-state index in [0.29, 0.717) is 12.8 Å². The maximum absolute atomic E-state index is 13.3. The third-order valence-electron chi connectivity index (χ3n) is 7.30. The molecular formula is C30H51N7O12. The Balaban J connectivity index is 5.44. The van der Waals surface area contributed by atoms with Crippen LogP contribution in [-0.4, -0.2) is 111 Å². The van der Waals surface area contributed by atoms with Gasteiger partial charge in [-0.15, -0.1) is 0 Å². The van der Waals surface area contributed by atoms with Crippen LogP contribution in [0.1, 0.15) is 74.1 Å². The van der Waals surface area contributed by atoms with Crippen molar-refractivity contribution in [3.63, 3.8) is 0 Å². The molecule has 0 fully saturated rings. The number of hydrogen-bond acceptors (Lipinski definition) is 10. The van der Waals surface area contributed by atoms with Gasteiger partial charge >= 0.3 is 17.9 Å². The van der Waals surface area contributed by atoms with E-state index in [0.717, 1.165) is 0 Å².